The third-order valence-electron chi connectivity index (χ3n) is 2.74. The first-order valence-corrected chi connectivity index (χ1v) is 4.21. The van der Waals surface area contributed by atoms with Crippen molar-refractivity contribution in [2.75, 3.05) is 0 Å². The number of aliphatic hydroxyl groups excluding tert-OH is 1. The highest BCUT2D eigenvalue weighted by molar-refractivity contribution is 5.55. The van der Waals surface area contributed by atoms with E-state index in [2.05, 4.69) is 0 Å². The van der Waals surface area contributed by atoms with Crippen molar-refractivity contribution in [2.24, 2.45) is 11.3 Å². The lowest BCUT2D eigenvalue weighted by atomic mass is 9.70. The van der Waals surface area contributed by atoms with E-state index in [4.69, 9.17) is 0 Å². The Morgan fingerprint density at radius 2 is 2.18 bits per heavy atom. The van der Waals surface area contributed by atoms with Gasteiger partial charge in [-0.1, -0.05) is 20.3 Å². The van der Waals surface area contributed by atoms with Gasteiger partial charge < -0.3 is 9.90 Å². The topological polar surface area (TPSA) is 37.3 Å². The zero-order valence-electron chi connectivity index (χ0n) is 7.21. The number of aldehydes is 1. The fraction of sp³-hybridized carbons (Fsp3) is 0.889. The van der Waals surface area contributed by atoms with Gasteiger partial charge in [-0.05, 0) is 18.3 Å². The molecule has 11 heavy (non-hydrogen) atoms. The fourth-order valence-electron chi connectivity index (χ4n) is 1.82. The summed E-state index contributed by atoms with van der Waals surface area (Å²) in [6.45, 7) is 4.04. The van der Waals surface area contributed by atoms with Crippen molar-refractivity contribution < 1.29 is 9.90 Å². The molecule has 0 spiro atoms. The maximum atomic E-state index is 10.5. The minimum absolute atomic E-state index is 0.0656. The van der Waals surface area contributed by atoms with Gasteiger partial charge in [-0.2, -0.15) is 0 Å². The van der Waals surface area contributed by atoms with E-state index in [-0.39, 0.29) is 11.3 Å². The van der Waals surface area contributed by atoms with Crippen molar-refractivity contribution in [3.8, 4) is 0 Å². The predicted molar refractivity (Wildman–Crippen MR) is 43.2 cm³/mol. The molecule has 0 aromatic heterocycles. The lowest BCUT2D eigenvalue weighted by Crippen LogP contribution is -2.40. The average molecular weight is 156 g/mol. The SMILES string of the molecule is CC1(C)CCC[C@H](C=O)[C@H]1O. The summed E-state index contributed by atoms with van der Waals surface area (Å²) in [4.78, 5) is 10.5. The van der Waals surface area contributed by atoms with Gasteiger partial charge in [-0.15, -0.1) is 0 Å². The molecule has 2 heteroatoms. The molecule has 0 radical (unpaired) electrons. The third kappa shape index (κ3) is 1.62. The Bertz CT molecular complexity index is 152. The van der Waals surface area contributed by atoms with Gasteiger partial charge in [-0.3, -0.25) is 0 Å². The first kappa shape index (κ1) is 8.72. The molecule has 1 N–H and O–H groups in total. The van der Waals surface area contributed by atoms with Crippen LogP contribution in [0.2, 0.25) is 0 Å². The van der Waals surface area contributed by atoms with Crippen LogP contribution in [0.1, 0.15) is 33.1 Å². The summed E-state index contributed by atoms with van der Waals surface area (Å²) in [5.41, 5.74) is -0.0656. The molecule has 64 valence electrons. The van der Waals surface area contributed by atoms with Crippen LogP contribution in [-0.2, 0) is 4.79 Å². The number of aliphatic hydroxyl groups is 1. The first-order chi connectivity index (χ1) is 5.08. The van der Waals surface area contributed by atoms with Crippen molar-refractivity contribution >= 4 is 6.29 Å². The van der Waals surface area contributed by atoms with Gasteiger partial charge >= 0.3 is 0 Å². The molecule has 0 saturated heterocycles. The van der Waals surface area contributed by atoms with E-state index >= 15 is 0 Å². The van der Waals surface area contributed by atoms with E-state index < -0.39 is 6.10 Å². The minimum Gasteiger partial charge on any atom is -0.392 e. The summed E-state index contributed by atoms with van der Waals surface area (Å²) in [6, 6.07) is 0. The third-order valence-corrected chi connectivity index (χ3v) is 2.74. The monoisotopic (exact) mass is 156 g/mol. The Balaban J connectivity index is 2.67. The number of carbonyl (C=O) groups excluding carboxylic acids is 1. The smallest absolute Gasteiger partial charge is 0.125 e. The van der Waals surface area contributed by atoms with Gasteiger partial charge in [-0.25, -0.2) is 0 Å². The first-order valence-electron chi connectivity index (χ1n) is 4.21. The Labute approximate surface area is 67.6 Å². The number of carbonyl (C=O) groups is 1. The van der Waals surface area contributed by atoms with Gasteiger partial charge in [0, 0.05) is 5.92 Å². The summed E-state index contributed by atoms with van der Waals surface area (Å²) >= 11 is 0. The van der Waals surface area contributed by atoms with Gasteiger partial charge in [0.15, 0.2) is 0 Å². The molecular weight excluding hydrogens is 140 g/mol. The normalized spacial score (nSPS) is 36.6. The molecule has 2 nitrogen and oxygen atoms in total. The molecule has 0 aromatic carbocycles. The molecule has 0 bridgehead atoms. The van der Waals surface area contributed by atoms with Crippen LogP contribution in [0.4, 0.5) is 0 Å². The van der Waals surface area contributed by atoms with Crippen LogP contribution in [0.25, 0.3) is 0 Å². The standard InChI is InChI=1S/C9H16O2/c1-9(2)5-3-4-7(6-10)8(9)11/h6-8,11H,3-5H2,1-2H3/t7-,8-/m1/s1. The zero-order valence-corrected chi connectivity index (χ0v) is 7.21. The molecule has 1 saturated carbocycles. The van der Waals surface area contributed by atoms with Crippen LogP contribution in [0.5, 0.6) is 0 Å². The highest BCUT2D eigenvalue weighted by atomic mass is 16.3. The van der Waals surface area contributed by atoms with Crippen molar-refractivity contribution in [2.45, 2.75) is 39.2 Å². The number of hydrogen-bond acceptors (Lipinski definition) is 2. The molecule has 1 fully saturated rings. The fourth-order valence-corrected chi connectivity index (χ4v) is 1.82. The second-order valence-electron chi connectivity index (χ2n) is 4.13. The van der Waals surface area contributed by atoms with Crippen molar-refractivity contribution in [3.05, 3.63) is 0 Å². The van der Waals surface area contributed by atoms with E-state index in [9.17, 15) is 9.90 Å². The van der Waals surface area contributed by atoms with E-state index in [1.165, 1.54) is 0 Å². The van der Waals surface area contributed by atoms with E-state index in [1.54, 1.807) is 0 Å². The largest absolute Gasteiger partial charge is 0.392 e. The Morgan fingerprint density at radius 3 is 2.64 bits per heavy atom. The second kappa shape index (κ2) is 2.94. The highest BCUT2D eigenvalue weighted by Crippen LogP contribution is 2.37. The van der Waals surface area contributed by atoms with Crippen LogP contribution < -0.4 is 0 Å². The zero-order chi connectivity index (χ0) is 8.48. The molecule has 0 aliphatic heterocycles. The molecule has 0 aromatic rings. The Kier molecular flexibility index (Phi) is 2.33. The lowest BCUT2D eigenvalue weighted by Gasteiger charge is -2.38. The number of hydrogen-bond donors (Lipinski definition) is 1. The summed E-state index contributed by atoms with van der Waals surface area (Å²) in [5.74, 6) is -0.126. The van der Waals surface area contributed by atoms with Crippen LogP contribution in [0, 0.1) is 11.3 Å². The van der Waals surface area contributed by atoms with Gasteiger partial charge in [0.2, 0.25) is 0 Å². The highest BCUT2D eigenvalue weighted by Gasteiger charge is 2.37. The van der Waals surface area contributed by atoms with Crippen molar-refractivity contribution in [1.82, 2.24) is 0 Å². The van der Waals surface area contributed by atoms with Crippen LogP contribution in [0.15, 0.2) is 0 Å². The summed E-state index contributed by atoms with van der Waals surface area (Å²) in [6.07, 6.45) is 3.40. The quantitative estimate of drug-likeness (QED) is 0.582. The molecule has 1 aliphatic carbocycles. The van der Waals surface area contributed by atoms with Crippen molar-refractivity contribution in [1.29, 1.82) is 0 Å². The molecule has 0 unspecified atom stereocenters. The van der Waals surface area contributed by atoms with Gasteiger partial charge in [0.05, 0.1) is 6.10 Å². The molecule has 2 atom stereocenters. The van der Waals surface area contributed by atoms with E-state index in [0.717, 1.165) is 25.5 Å². The average Bonchev–Trinajstić information content (AvgIpc) is 1.95. The second-order valence-corrected chi connectivity index (χ2v) is 4.13. The van der Waals surface area contributed by atoms with Crippen LogP contribution in [0.3, 0.4) is 0 Å². The van der Waals surface area contributed by atoms with E-state index in [1.807, 2.05) is 13.8 Å². The van der Waals surface area contributed by atoms with Gasteiger partial charge in [0.25, 0.3) is 0 Å². The molecule has 0 amide bonds. The van der Waals surface area contributed by atoms with Crippen LogP contribution >= 0.6 is 0 Å². The summed E-state index contributed by atoms with van der Waals surface area (Å²) in [5, 5.41) is 9.67. The Morgan fingerprint density at radius 1 is 1.55 bits per heavy atom. The molecule has 0 heterocycles. The molecule has 1 rings (SSSR count). The van der Waals surface area contributed by atoms with Gasteiger partial charge in [0.1, 0.15) is 6.29 Å². The minimum atomic E-state index is -0.436. The molecule has 1 aliphatic rings. The maximum Gasteiger partial charge on any atom is 0.125 e. The molecular formula is C9H16O2. The summed E-state index contributed by atoms with van der Waals surface area (Å²) in [7, 11) is 0. The maximum absolute atomic E-state index is 10.5. The Hall–Kier alpha value is -0.370. The lowest BCUT2D eigenvalue weighted by molar-refractivity contribution is -0.120. The van der Waals surface area contributed by atoms with Crippen molar-refractivity contribution in [3.63, 3.8) is 0 Å². The van der Waals surface area contributed by atoms with Crippen LogP contribution in [-0.4, -0.2) is 17.5 Å². The summed E-state index contributed by atoms with van der Waals surface area (Å²) < 4.78 is 0. The number of rotatable bonds is 1. The van der Waals surface area contributed by atoms with E-state index in [0.29, 0.717) is 0 Å². The predicted octanol–water partition coefficient (Wildman–Crippen LogP) is 1.37.